The number of hydrogen-bond donors (Lipinski definition) is 2. The summed E-state index contributed by atoms with van der Waals surface area (Å²) in [6, 6.07) is 0. The lowest BCUT2D eigenvalue weighted by atomic mass is 10.0. The number of carbonyl (C=O) groups is 2. The summed E-state index contributed by atoms with van der Waals surface area (Å²) in [4.78, 5) is 42.6. The maximum Gasteiger partial charge on any atom is 0.469 e. The van der Waals surface area contributed by atoms with Gasteiger partial charge in [-0.2, -0.15) is 0 Å². The fourth-order valence-corrected chi connectivity index (χ4v) is 5.91. The van der Waals surface area contributed by atoms with Crippen LogP contribution in [-0.4, -0.2) is 41.0 Å². The van der Waals surface area contributed by atoms with E-state index < -0.39 is 32.5 Å². The monoisotopic (exact) mass is 662 g/mol. The molecule has 0 saturated heterocycles. The number of hydrogen-bond acceptors (Lipinski definition) is 6. The van der Waals surface area contributed by atoms with Gasteiger partial charge in [-0.05, 0) is 12.8 Å². The van der Waals surface area contributed by atoms with E-state index in [4.69, 9.17) is 19.3 Å². The maximum atomic E-state index is 12.3. The molecule has 0 aliphatic heterocycles. The highest BCUT2D eigenvalue weighted by atomic mass is 31.2. The second-order valence-corrected chi connectivity index (χ2v) is 14.2. The molecule has 0 radical (unpaired) electrons. The van der Waals surface area contributed by atoms with Gasteiger partial charge in [-0.1, -0.05) is 174 Å². The largest absolute Gasteiger partial charge is 0.469 e. The van der Waals surface area contributed by atoms with Crippen molar-refractivity contribution in [2.75, 3.05) is 13.2 Å². The Labute approximate surface area is 276 Å². The van der Waals surface area contributed by atoms with Crippen molar-refractivity contribution in [2.45, 2.75) is 206 Å². The number of unbranched alkanes of at least 4 members (excludes halogenated alkanes) is 25. The molecule has 0 heterocycles. The van der Waals surface area contributed by atoms with Crippen molar-refractivity contribution in [3.05, 3.63) is 0 Å². The number of carbonyl (C=O) groups excluding carboxylic acids is 2. The Morgan fingerprint density at radius 1 is 0.489 bits per heavy atom. The van der Waals surface area contributed by atoms with Gasteiger partial charge in [0.2, 0.25) is 0 Å². The second kappa shape index (κ2) is 33.0. The lowest BCUT2D eigenvalue weighted by molar-refractivity contribution is -0.161. The van der Waals surface area contributed by atoms with Gasteiger partial charge < -0.3 is 19.3 Å². The Bertz CT molecular complexity index is 711. The smallest absolute Gasteiger partial charge is 0.462 e. The molecule has 1 unspecified atom stereocenters. The fraction of sp³-hybridized carbons (Fsp3) is 0.944. The highest BCUT2D eigenvalue weighted by Gasteiger charge is 2.22. The molecular weight excluding hydrogens is 591 g/mol. The third kappa shape index (κ3) is 35.7. The van der Waals surface area contributed by atoms with Gasteiger partial charge in [-0.15, -0.1) is 0 Å². The van der Waals surface area contributed by atoms with Crippen LogP contribution >= 0.6 is 7.82 Å². The van der Waals surface area contributed by atoms with Gasteiger partial charge in [0.1, 0.15) is 6.61 Å². The zero-order valence-electron chi connectivity index (χ0n) is 29.3. The Balaban J connectivity index is 3.92. The van der Waals surface area contributed by atoms with E-state index >= 15 is 0 Å². The molecule has 0 aliphatic rings. The molecule has 1 atom stereocenters. The molecule has 45 heavy (non-hydrogen) atoms. The van der Waals surface area contributed by atoms with Gasteiger partial charge in [0.15, 0.2) is 6.10 Å². The minimum atomic E-state index is -4.74. The highest BCUT2D eigenvalue weighted by molar-refractivity contribution is 7.46. The Morgan fingerprint density at radius 2 is 0.800 bits per heavy atom. The molecule has 2 N–H and O–H groups in total. The van der Waals surface area contributed by atoms with E-state index in [0.717, 1.165) is 32.1 Å². The summed E-state index contributed by atoms with van der Waals surface area (Å²) in [5, 5.41) is 0. The van der Waals surface area contributed by atoms with Gasteiger partial charge >= 0.3 is 19.8 Å². The van der Waals surface area contributed by atoms with E-state index in [1.807, 2.05) is 0 Å². The number of esters is 2. The van der Waals surface area contributed by atoms with Crippen LogP contribution in [0.25, 0.3) is 0 Å². The molecule has 0 aromatic carbocycles. The van der Waals surface area contributed by atoms with Crippen LogP contribution in [0.1, 0.15) is 200 Å². The molecule has 9 heteroatoms. The third-order valence-corrected chi connectivity index (χ3v) is 8.86. The topological polar surface area (TPSA) is 119 Å². The zero-order valence-corrected chi connectivity index (χ0v) is 30.2. The molecule has 0 aromatic rings. The molecule has 0 rings (SSSR count). The van der Waals surface area contributed by atoms with Gasteiger partial charge in [0.25, 0.3) is 0 Å². The first kappa shape index (κ1) is 44.0. The molecule has 0 aromatic heterocycles. The molecule has 268 valence electrons. The van der Waals surface area contributed by atoms with Gasteiger partial charge in [-0.3, -0.25) is 14.1 Å². The molecule has 8 nitrogen and oxygen atoms in total. The van der Waals surface area contributed by atoms with Crippen LogP contribution in [0.3, 0.4) is 0 Å². The molecule has 0 amide bonds. The van der Waals surface area contributed by atoms with Crippen molar-refractivity contribution in [1.82, 2.24) is 0 Å². The lowest BCUT2D eigenvalue weighted by Crippen LogP contribution is -2.29. The van der Waals surface area contributed by atoms with Crippen molar-refractivity contribution in [1.29, 1.82) is 0 Å². The van der Waals surface area contributed by atoms with Crippen molar-refractivity contribution in [3.63, 3.8) is 0 Å². The standard InChI is InChI=1S/C36H71O8P/c1-3-5-7-9-11-13-15-17-18-19-21-23-25-27-29-31-36(38)44-34(33-43-45(39,40)41)32-42-35(37)30-28-26-24-22-20-16-14-12-10-8-6-4-2/h34H,3-33H2,1-2H3,(H2,39,40,41). The van der Waals surface area contributed by atoms with Gasteiger partial charge in [-0.25, -0.2) is 4.57 Å². The predicted molar refractivity (Wildman–Crippen MR) is 184 cm³/mol. The molecule has 0 bridgehead atoms. The molecule has 0 saturated carbocycles. The maximum absolute atomic E-state index is 12.3. The lowest BCUT2D eigenvalue weighted by Gasteiger charge is -2.18. The van der Waals surface area contributed by atoms with Crippen LogP contribution in [0, 0.1) is 0 Å². The van der Waals surface area contributed by atoms with Gasteiger partial charge in [0.05, 0.1) is 6.61 Å². The van der Waals surface area contributed by atoms with Crippen LogP contribution in [0.15, 0.2) is 0 Å². The summed E-state index contributed by atoms with van der Waals surface area (Å²) in [5.41, 5.74) is 0. The fourth-order valence-electron chi connectivity index (χ4n) is 5.55. The van der Waals surface area contributed by atoms with Crippen molar-refractivity contribution in [3.8, 4) is 0 Å². The number of ether oxygens (including phenoxy) is 2. The van der Waals surface area contributed by atoms with E-state index in [2.05, 4.69) is 18.4 Å². The van der Waals surface area contributed by atoms with E-state index in [9.17, 15) is 14.2 Å². The number of rotatable bonds is 35. The quantitative estimate of drug-likeness (QED) is 0.0391. The summed E-state index contributed by atoms with van der Waals surface area (Å²) in [6.07, 6.45) is 32.5. The van der Waals surface area contributed by atoms with Gasteiger partial charge in [0, 0.05) is 12.8 Å². The summed E-state index contributed by atoms with van der Waals surface area (Å²) in [5.74, 6) is -0.872. The van der Waals surface area contributed by atoms with E-state index in [1.165, 1.54) is 135 Å². The van der Waals surface area contributed by atoms with E-state index in [1.54, 1.807) is 0 Å². The van der Waals surface area contributed by atoms with Crippen molar-refractivity contribution < 1.29 is 37.9 Å². The van der Waals surface area contributed by atoms with Crippen molar-refractivity contribution >= 4 is 19.8 Å². The normalized spacial score (nSPS) is 12.4. The number of phosphoric acid groups is 1. The minimum Gasteiger partial charge on any atom is -0.462 e. The first-order chi connectivity index (χ1) is 21.8. The van der Waals surface area contributed by atoms with Crippen LogP contribution in [0.2, 0.25) is 0 Å². The average molecular weight is 663 g/mol. The van der Waals surface area contributed by atoms with Crippen LogP contribution in [0.4, 0.5) is 0 Å². The van der Waals surface area contributed by atoms with Crippen molar-refractivity contribution in [2.24, 2.45) is 0 Å². The summed E-state index contributed by atoms with van der Waals surface area (Å²) in [6.45, 7) is 3.69. The second-order valence-electron chi connectivity index (χ2n) is 12.9. The molecule has 0 aliphatic carbocycles. The highest BCUT2D eigenvalue weighted by Crippen LogP contribution is 2.36. The first-order valence-electron chi connectivity index (χ1n) is 18.8. The Morgan fingerprint density at radius 3 is 1.13 bits per heavy atom. The van der Waals surface area contributed by atoms with E-state index in [-0.39, 0.29) is 19.4 Å². The van der Waals surface area contributed by atoms with E-state index in [0.29, 0.717) is 6.42 Å². The summed E-state index contributed by atoms with van der Waals surface area (Å²) >= 11 is 0. The minimum absolute atomic E-state index is 0.220. The molecule has 0 spiro atoms. The zero-order chi connectivity index (χ0) is 33.3. The van der Waals surface area contributed by atoms with Crippen LogP contribution in [-0.2, 0) is 28.2 Å². The predicted octanol–water partition coefficient (Wildman–Crippen LogP) is 10.9. The van der Waals surface area contributed by atoms with Crippen LogP contribution < -0.4 is 0 Å². The SMILES string of the molecule is CCCCCCCCCCCCCCCCCC(=O)OC(COC(=O)CCCCCCCCCCCCCC)COP(=O)(O)O. The number of phosphoric ester groups is 1. The summed E-state index contributed by atoms with van der Waals surface area (Å²) < 4.78 is 26.3. The summed E-state index contributed by atoms with van der Waals surface area (Å²) in [7, 11) is -4.74. The third-order valence-electron chi connectivity index (χ3n) is 8.38. The average Bonchev–Trinajstić information content (AvgIpc) is 3.00. The first-order valence-corrected chi connectivity index (χ1v) is 20.4. The Hall–Kier alpha value is -0.950. The molecular formula is C36H71O8P. The Kier molecular flexibility index (Phi) is 32.3. The molecule has 0 fully saturated rings. The van der Waals surface area contributed by atoms with Crippen LogP contribution in [0.5, 0.6) is 0 Å².